The SMILES string of the molecule is O=c1[nH]c(-c2ccncc2)nc2c1CN(Cc1ccc(Cl)c(F)c1)CC2. The quantitative estimate of drug-likeness (QED) is 0.769. The molecule has 7 heteroatoms. The maximum absolute atomic E-state index is 13.6. The summed E-state index contributed by atoms with van der Waals surface area (Å²) in [6, 6.07) is 8.42. The standard InChI is InChI=1S/C19H16ClFN4O/c20-15-2-1-12(9-16(15)21)10-25-8-5-17-14(11-25)19(26)24-18(23-17)13-3-6-22-7-4-13/h1-4,6-7,9H,5,8,10-11H2,(H,23,24,26). The van der Waals surface area contributed by atoms with Crippen LogP contribution in [0.5, 0.6) is 0 Å². The molecule has 2 aromatic heterocycles. The Morgan fingerprint density at radius 2 is 2.04 bits per heavy atom. The number of pyridine rings is 1. The van der Waals surface area contributed by atoms with Gasteiger partial charge in [0.1, 0.15) is 11.6 Å². The molecule has 0 saturated heterocycles. The smallest absolute Gasteiger partial charge is 0.255 e. The number of hydrogen-bond donors (Lipinski definition) is 1. The largest absolute Gasteiger partial charge is 0.306 e. The highest BCUT2D eigenvalue weighted by Gasteiger charge is 2.21. The van der Waals surface area contributed by atoms with Gasteiger partial charge in [-0.3, -0.25) is 14.7 Å². The summed E-state index contributed by atoms with van der Waals surface area (Å²) in [7, 11) is 0. The van der Waals surface area contributed by atoms with Gasteiger partial charge in [0.25, 0.3) is 5.56 Å². The number of rotatable bonds is 3. The number of aromatic nitrogens is 3. The average molecular weight is 371 g/mol. The van der Waals surface area contributed by atoms with Crippen molar-refractivity contribution in [2.24, 2.45) is 0 Å². The van der Waals surface area contributed by atoms with Crippen LogP contribution < -0.4 is 5.56 Å². The van der Waals surface area contributed by atoms with Gasteiger partial charge < -0.3 is 4.98 Å². The maximum atomic E-state index is 13.6. The molecule has 0 spiro atoms. The summed E-state index contributed by atoms with van der Waals surface area (Å²) < 4.78 is 13.6. The average Bonchev–Trinajstić information content (AvgIpc) is 2.66. The van der Waals surface area contributed by atoms with Gasteiger partial charge in [0.05, 0.1) is 16.3 Å². The van der Waals surface area contributed by atoms with E-state index in [1.165, 1.54) is 6.07 Å². The van der Waals surface area contributed by atoms with Crippen molar-refractivity contribution in [3.63, 3.8) is 0 Å². The molecule has 0 amide bonds. The molecule has 0 fully saturated rings. The normalized spacial score (nSPS) is 14.2. The fourth-order valence-electron chi connectivity index (χ4n) is 3.16. The molecule has 3 heterocycles. The Morgan fingerprint density at radius 3 is 2.81 bits per heavy atom. The highest BCUT2D eigenvalue weighted by atomic mass is 35.5. The van der Waals surface area contributed by atoms with Gasteiger partial charge >= 0.3 is 0 Å². The molecule has 0 bridgehead atoms. The third-order valence-corrected chi connectivity index (χ3v) is 4.80. The number of hydrogen-bond acceptors (Lipinski definition) is 4. The maximum Gasteiger partial charge on any atom is 0.255 e. The second kappa shape index (κ2) is 6.97. The lowest BCUT2D eigenvalue weighted by Gasteiger charge is -2.27. The first-order valence-electron chi connectivity index (χ1n) is 8.29. The number of nitrogens with one attached hydrogen (secondary N) is 1. The van der Waals surface area contributed by atoms with Crippen LogP contribution >= 0.6 is 11.6 Å². The molecule has 0 radical (unpaired) electrons. The number of halogens is 2. The second-order valence-corrected chi connectivity index (χ2v) is 6.69. The van der Waals surface area contributed by atoms with Gasteiger partial charge in [0.2, 0.25) is 0 Å². The van der Waals surface area contributed by atoms with Gasteiger partial charge in [-0.05, 0) is 29.8 Å². The molecule has 1 aliphatic heterocycles. The van der Waals surface area contributed by atoms with Crippen molar-refractivity contribution >= 4 is 11.6 Å². The topological polar surface area (TPSA) is 61.9 Å². The zero-order valence-electron chi connectivity index (χ0n) is 13.9. The fourth-order valence-corrected chi connectivity index (χ4v) is 3.28. The molecule has 26 heavy (non-hydrogen) atoms. The van der Waals surface area contributed by atoms with E-state index >= 15 is 0 Å². The first-order chi connectivity index (χ1) is 12.6. The van der Waals surface area contributed by atoms with E-state index in [-0.39, 0.29) is 10.6 Å². The third kappa shape index (κ3) is 3.38. The van der Waals surface area contributed by atoms with Crippen LogP contribution in [0.25, 0.3) is 11.4 Å². The summed E-state index contributed by atoms with van der Waals surface area (Å²) >= 11 is 5.73. The second-order valence-electron chi connectivity index (χ2n) is 6.28. The Bertz CT molecular complexity index is 1010. The van der Waals surface area contributed by atoms with E-state index in [4.69, 9.17) is 11.6 Å². The molecule has 1 aromatic carbocycles. The first-order valence-corrected chi connectivity index (χ1v) is 8.67. The minimum atomic E-state index is -0.428. The van der Waals surface area contributed by atoms with Crippen LogP contribution in [0.2, 0.25) is 5.02 Å². The van der Waals surface area contributed by atoms with Crippen LogP contribution in [0, 0.1) is 5.82 Å². The van der Waals surface area contributed by atoms with Gasteiger partial charge in [0.15, 0.2) is 0 Å². The lowest BCUT2D eigenvalue weighted by Crippen LogP contribution is -2.35. The molecule has 5 nitrogen and oxygen atoms in total. The fraction of sp³-hybridized carbons (Fsp3) is 0.211. The first kappa shape index (κ1) is 16.9. The Morgan fingerprint density at radius 1 is 1.23 bits per heavy atom. The Balaban J connectivity index is 1.57. The number of benzene rings is 1. The van der Waals surface area contributed by atoms with E-state index < -0.39 is 5.82 Å². The van der Waals surface area contributed by atoms with E-state index in [1.807, 2.05) is 12.1 Å². The highest BCUT2D eigenvalue weighted by Crippen LogP contribution is 2.21. The summed E-state index contributed by atoms with van der Waals surface area (Å²) in [5, 5.41) is 0.113. The van der Waals surface area contributed by atoms with Crippen LogP contribution in [0.1, 0.15) is 16.8 Å². The van der Waals surface area contributed by atoms with Crippen molar-refractivity contribution in [2.45, 2.75) is 19.5 Å². The van der Waals surface area contributed by atoms with Crippen LogP contribution in [0.3, 0.4) is 0 Å². The number of H-pyrrole nitrogens is 1. The number of nitrogens with zero attached hydrogens (tertiary/aromatic N) is 3. The monoisotopic (exact) mass is 370 g/mol. The third-order valence-electron chi connectivity index (χ3n) is 4.49. The lowest BCUT2D eigenvalue weighted by atomic mass is 10.1. The van der Waals surface area contributed by atoms with Gasteiger partial charge in [-0.2, -0.15) is 0 Å². The van der Waals surface area contributed by atoms with E-state index in [0.29, 0.717) is 30.9 Å². The molecule has 1 N–H and O–H groups in total. The Hall–Kier alpha value is -2.57. The molecule has 4 rings (SSSR count). The van der Waals surface area contributed by atoms with Crippen molar-refractivity contribution in [1.29, 1.82) is 0 Å². The predicted octanol–water partition coefficient (Wildman–Crippen LogP) is 3.18. The van der Waals surface area contributed by atoms with E-state index in [2.05, 4.69) is 19.9 Å². The zero-order valence-corrected chi connectivity index (χ0v) is 14.6. The molecule has 1 aliphatic rings. The molecule has 0 atom stereocenters. The molecule has 0 unspecified atom stereocenters. The summed E-state index contributed by atoms with van der Waals surface area (Å²) in [5.74, 6) is 0.132. The molecular weight excluding hydrogens is 355 g/mol. The van der Waals surface area contributed by atoms with Crippen LogP contribution in [-0.2, 0) is 19.5 Å². The summed E-state index contributed by atoms with van der Waals surface area (Å²) in [4.78, 5) is 26.1. The van der Waals surface area contributed by atoms with Crippen LogP contribution in [0.4, 0.5) is 4.39 Å². The molecule has 3 aromatic rings. The molecular formula is C19H16ClFN4O. The lowest BCUT2D eigenvalue weighted by molar-refractivity contribution is 0.241. The van der Waals surface area contributed by atoms with E-state index in [9.17, 15) is 9.18 Å². The van der Waals surface area contributed by atoms with E-state index in [0.717, 1.165) is 23.4 Å². The minimum absolute atomic E-state index is 0.113. The summed E-state index contributed by atoms with van der Waals surface area (Å²) in [6.07, 6.45) is 4.01. The molecule has 0 aliphatic carbocycles. The summed E-state index contributed by atoms with van der Waals surface area (Å²) in [5.41, 5.74) is 3.02. The van der Waals surface area contributed by atoms with Crippen molar-refractivity contribution in [3.05, 3.63) is 80.7 Å². The molecule has 132 valence electrons. The van der Waals surface area contributed by atoms with E-state index in [1.54, 1.807) is 24.5 Å². The molecule has 0 saturated carbocycles. The van der Waals surface area contributed by atoms with Gasteiger partial charge in [-0.1, -0.05) is 17.7 Å². The number of aromatic amines is 1. The van der Waals surface area contributed by atoms with Crippen molar-refractivity contribution in [1.82, 2.24) is 19.9 Å². The Labute approximate surface area is 154 Å². The van der Waals surface area contributed by atoms with Crippen molar-refractivity contribution < 1.29 is 4.39 Å². The predicted molar refractivity (Wildman–Crippen MR) is 97.3 cm³/mol. The van der Waals surface area contributed by atoms with Gasteiger partial charge in [-0.15, -0.1) is 0 Å². The number of fused-ring (bicyclic) bond motifs is 1. The minimum Gasteiger partial charge on any atom is -0.306 e. The van der Waals surface area contributed by atoms with Crippen molar-refractivity contribution in [3.8, 4) is 11.4 Å². The Kier molecular flexibility index (Phi) is 4.53. The highest BCUT2D eigenvalue weighted by molar-refractivity contribution is 6.30. The van der Waals surface area contributed by atoms with Crippen LogP contribution in [-0.4, -0.2) is 26.4 Å². The van der Waals surface area contributed by atoms with Gasteiger partial charge in [0, 0.05) is 44.0 Å². The zero-order chi connectivity index (χ0) is 18.1. The van der Waals surface area contributed by atoms with Crippen LogP contribution in [0.15, 0.2) is 47.5 Å². The van der Waals surface area contributed by atoms with Gasteiger partial charge in [-0.25, -0.2) is 9.37 Å². The van der Waals surface area contributed by atoms with Crippen molar-refractivity contribution in [2.75, 3.05) is 6.54 Å². The summed E-state index contributed by atoms with van der Waals surface area (Å²) in [6.45, 7) is 1.79.